The fraction of sp³-hybridized carbons (Fsp3) is 0. The van der Waals surface area contributed by atoms with Crippen LogP contribution in [0, 0.1) is 5.82 Å². The highest BCUT2D eigenvalue weighted by Gasteiger charge is 2.17. The van der Waals surface area contributed by atoms with E-state index < -0.39 is 15.9 Å². The van der Waals surface area contributed by atoms with Gasteiger partial charge in [-0.15, -0.1) is 0 Å². The smallest absolute Gasteiger partial charge is 0.339 e. The Kier molecular flexibility index (Phi) is 2.90. The van der Waals surface area contributed by atoms with E-state index in [9.17, 15) is 12.8 Å². The zero-order chi connectivity index (χ0) is 14.2. The molecule has 0 bridgehead atoms. The summed E-state index contributed by atoms with van der Waals surface area (Å²) in [7, 11) is -3.98. The maximum absolute atomic E-state index is 12.8. The molecule has 0 fully saturated rings. The minimum Gasteiger partial charge on any atom is -0.379 e. The fourth-order valence-electron chi connectivity index (χ4n) is 1.74. The minimum absolute atomic E-state index is 0.108. The Hall–Kier alpha value is -2.41. The van der Waals surface area contributed by atoms with Crippen molar-refractivity contribution < 1.29 is 17.0 Å². The van der Waals surface area contributed by atoms with Crippen molar-refractivity contribution >= 4 is 21.2 Å². The first kappa shape index (κ1) is 12.6. The summed E-state index contributed by atoms with van der Waals surface area (Å²) < 4.78 is 41.8. The van der Waals surface area contributed by atoms with E-state index in [1.807, 2.05) is 0 Å². The van der Waals surface area contributed by atoms with E-state index in [1.165, 1.54) is 18.5 Å². The molecule has 0 aliphatic carbocycles. The van der Waals surface area contributed by atoms with Crippen molar-refractivity contribution in [3.63, 3.8) is 0 Å². The number of benzene rings is 2. The normalized spacial score (nSPS) is 11.7. The van der Waals surface area contributed by atoms with Gasteiger partial charge in [-0.2, -0.15) is 8.42 Å². The van der Waals surface area contributed by atoms with E-state index in [1.54, 1.807) is 6.07 Å². The Labute approximate surface area is 114 Å². The summed E-state index contributed by atoms with van der Waals surface area (Å²) in [6.45, 7) is 0. The number of imidazole rings is 1. The molecule has 0 aliphatic heterocycles. The Morgan fingerprint density at radius 2 is 1.85 bits per heavy atom. The third-order valence-electron chi connectivity index (χ3n) is 2.70. The van der Waals surface area contributed by atoms with Gasteiger partial charge in [0.25, 0.3) is 0 Å². The molecular formula is C13H9FN2O3S. The van der Waals surface area contributed by atoms with Crippen molar-refractivity contribution in [2.24, 2.45) is 0 Å². The van der Waals surface area contributed by atoms with Crippen LogP contribution >= 0.6 is 0 Å². The molecule has 1 heterocycles. The van der Waals surface area contributed by atoms with Gasteiger partial charge >= 0.3 is 10.1 Å². The Balaban J connectivity index is 1.94. The highest BCUT2D eigenvalue weighted by Crippen LogP contribution is 2.22. The minimum atomic E-state index is -3.98. The number of hydrogen-bond acceptors (Lipinski definition) is 4. The number of nitrogens with one attached hydrogen (secondary N) is 1. The van der Waals surface area contributed by atoms with E-state index in [0.29, 0.717) is 11.0 Å². The first-order chi connectivity index (χ1) is 9.54. The average molecular weight is 292 g/mol. The van der Waals surface area contributed by atoms with Crippen LogP contribution in [0.2, 0.25) is 0 Å². The molecule has 1 aromatic heterocycles. The summed E-state index contributed by atoms with van der Waals surface area (Å²) in [6, 6.07) is 9.11. The lowest BCUT2D eigenvalue weighted by Crippen LogP contribution is -2.09. The van der Waals surface area contributed by atoms with Crippen LogP contribution < -0.4 is 4.18 Å². The van der Waals surface area contributed by atoms with E-state index >= 15 is 0 Å². The molecule has 1 N–H and O–H groups in total. The van der Waals surface area contributed by atoms with Gasteiger partial charge in [-0.25, -0.2) is 9.37 Å². The average Bonchev–Trinajstić information content (AvgIpc) is 2.86. The van der Waals surface area contributed by atoms with Crippen LogP contribution in [-0.2, 0) is 10.1 Å². The van der Waals surface area contributed by atoms with Crippen LogP contribution in [0.5, 0.6) is 5.75 Å². The van der Waals surface area contributed by atoms with Gasteiger partial charge < -0.3 is 9.17 Å². The van der Waals surface area contributed by atoms with Gasteiger partial charge in [-0.05, 0) is 36.4 Å². The monoisotopic (exact) mass is 292 g/mol. The van der Waals surface area contributed by atoms with Crippen LogP contribution in [0.4, 0.5) is 4.39 Å². The molecule has 3 aromatic rings. The predicted octanol–water partition coefficient (Wildman–Crippen LogP) is 2.47. The highest BCUT2D eigenvalue weighted by molar-refractivity contribution is 7.87. The lowest BCUT2D eigenvalue weighted by Gasteiger charge is -2.06. The maximum atomic E-state index is 12.8. The number of aromatic nitrogens is 2. The van der Waals surface area contributed by atoms with Crippen molar-refractivity contribution in [1.82, 2.24) is 9.97 Å². The van der Waals surface area contributed by atoms with Gasteiger partial charge in [0.2, 0.25) is 0 Å². The lowest BCUT2D eigenvalue weighted by atomic mass is 10.3. The molecule has 0 unspecified atom stereocenters. The zero-order valence-corrected chi connectivity index (χ0v) is 10.9. The second-order valence-corrected chi connectivity index (χ2v) is 5.62. The molecule has 5 nitrogen and oxygen atoms in total. The van der Waals surface area contributed by atoms with Gasteiger partial charge in [0.15, 0.2) is 0 Å². The predicted molar refractivity (Wildman–Crippen MR) is 70.3 cm³/mol. The van der Waals surface area contributed by atoms with Crippen LogP contribution in [0.25, 0.3) is 11.0 Å². The molecular weight excluding hydrogens is 283 g/mol. The van der Waals surface area contributed by atoms with Crippen molar-refractivity contribution in [2.75, 3.05) is 0 Å². The summed E-state index contributed by atoms with van der Waals surface area (Å²) in [5, 5.41) is 0. The van der Waals surface area contributed by atoms with Crippen LogP contribution in [0.15, 0.2) is 53.7 Å². The van der Waals surface area contributed by atoms with Crippen molar-refractivity contribution in [1.29, 1.82) is 0 Å². The molecule has 20 heavy (non-hydrogen) atoms. The number of hydrogen-bond donors (Lipinski definition) is 1. The first-order valence-electron chi connectivity index (χ1n) is 5.68. The number of aromatic amines is 1. The molecule has 0 saturated heterocycles. The molecule has 0 amide bonds. The zero-order valence-electron chi connectivity index (χ0n) is 10.1. The van der Waals surface area contributed by atoms with E-state index in [-0.39, 0.29) is 10.6 Å². The fourth-order valence-corrected chi connectivity index (χ4v) is 2.67. The molecule has 2 aromatic carbocycles. The molecule has 7 heteroatoms. The summed E-state index contributed by atoms with van der Waals surface area (Å²) in [4.78, 5) is 6.77. The van der Waals surface area contributed by atoms with Crippen molar-refractivity contribution in [3.05, 3.63) is 54.6 Å². The lowest BCUT2D eigenvalue weighted by molar-refractivity contribution is 0.486. The highest BCUT2D eigenvalue weighted by atomic mass is 32.2. The molecule has 0 aliphatic rings. The van der Waals surface area contributed by atoms with Crippen molar-refractivity contribution in [3.8, 4) is 5.75 Å². The van der Waals surface area contributed by atoms with Gasteiger partial charge in [0.05, 0.1) is 17.4 Å². The summed E-state index contributed by atoms with van der Waals surface area (Å²) in [5.74, 6) is -0.353. The molecule has 0 saturated carbocycles. The van der Waals surface area contributed by atoms with E-state index in [4.69, 9.17) is 4.18 Å². The summed E-state index contributed by atoms with van der Waals surface area (Å²) in [5.41, 5.74) is 1.37. The van der Waals surface area contributed by atoms with E-state index in [2.05, 4.69) is 9.97 Å². The van der Waals surface area contributed by atoms with Gasteiger partial charge in [-0.1, -0.05) is 0 Å². The van der Waals surface area contributed by atoms with Gasteiger partial charge in [0, 0.05) is 6.07 Å². The molecule has 3 rings (SSSR count). The maximum Gasteiger partial charge on any atom is 0.339 e. The van der Waals surface area contributed by atoms with Crippen LogP contribution in [0.3, 0.4) is 0 Å². The van der Waals surface area contributed by atoms with Crippen LogP contribution in [-0.4, -0.2) is 18.4 Å². The van der Waals surface area contributed by atoms with Crippen LogP contribution in [0.1, 0.15) is 0 Å². The number of nitrogens with zero attached hydrogens (tertiary/aromatic N) is 1. The topological polar surface area (TPSA) is 72.1 Å². The first-order valence-corrected chi connectivity index (χ1v) is 7.09. The number of halogens is 1. The summed E-state index contributed by atoms with van der Waals surface area (Å²) >= 11 is 0. The second kappa shape index (κ2) is 4.61. The largest absolute Gasteiger partial charge is 0.379 e. The Bertz CT molecular complexity index is 857. The van der Waals surface area contributed by atoms with E-state index in [0.717, 1.165) is 24.3 Å². The Morgan fingerprint density at radius 3 is 2.60 bits per heavy atom. The number of H-pyrrole nitrogens is 1. The third kappa shape index (κ3) is 2.35. The Morgan fingerprint density at radius 1 is 1.10 bits per heavy atom. The molecule has 102 valence electrons. The van der Waals surface area contributed by atoms with Gasteiger partial charge in [0.1, 0.15) is 16.5 Å². The molecule has 0 atom stereocenters. The third-order valence-corrected chi connectivity index (χ3v) is 3.96. The molecule has 0 radical (unpaired) electrons. The second-order valence-electron chi connectivity index (χ2n) is 4.07. The van der Waals surface area contributed by atoms with Gasteiger partial charge in [-0.3, -0.25) is 0 Å². The number of rotatable bonds is 3. The molecule has 0 spiro atoms. The standard InChI is InChI=1S/C13H9FN2O3S/c14-9-1-4-11(5-2-9)20(17,18)19-10-3-6-12-13(7-10)16-8-15-12/h1-8H,(H,15,16). The number of fused-ring (bicyclic) bond motifs is 1. The SMILES string of the molecule is O=S(=O)(Oc1ccc2nc[nH]c2c1)c1ccc(F)cc1. The van der Waals surface area contributed by atoms with Crippen molar-refractivity contribution in [2.45, 2.75) is 4.90 Å². The quantitative estimate of drug-likeness (QED) is 0.753. The summed E-state index contributed by atoms with van der Waals surface area (Å²) in [6.07, 6.45) is 1.50.